The van der Waals surface area contributed by atoms with Gasteiger partial charge in [0, 0.05) is 26.9 Å². The summed E-state index contributed by atoms with van der Waals surface area (Å²) in [6.07, 6.45) is 6.17. The fourth-order valence-corrected chi connectivity index (χ4v) is 4.88. The van der Waals surface area contributed by atoms with Crippen LogP contribution in [0.25, 0.3) is 0 Å². The van der Waals surface area contributed by atoms with Gasteiger partial charge >= 0.3 is 6.09 Å². The molecule has 1 aliphatic carbocycles. The summed E-state index contributed by atoms with van der Waals surface area (Å²) in [7, 11) is 4.99. The summed E-state index contributed by atoms with van der Waals surface area (Å²) in [5.41, 5.74) is -1.81. The molecule has 0 saturated carbocycles. The number of allylic oxidation sites excluding steroid dienone is 2. The Morgan fingerprint density at radius 3 is 2.32 bits per heavy atom. The van der Waals surface area contributed by atoms with E-state index in [1.165, 1.54) is 17.1 Å². The first-order chi connectivity index (χ1) is 15.8. The quantitative estimate of drug-likeness (QED) is 0.721. The van der Waals surface area contributed by atoms with Gasteiger partial charge in [0.1, 0.15) is 22.5 Å². The van der Waals surface area contributed by atoms with Gasteiger partial charge in [0.2, 0.25) is 5.96 Å². The van der Waals surface area contributed by atoms with E-state index in [0.29, 0.717) is 12.8 Å². The van der Waals surface area contributed by atoms with E-state index in [2.05, 4.69) is 4.99 Å². The van der Waals surface area contributed by atoms with Crippen molar-refractivity contribution >= 4 is 17.8 Å². The van der Waals surface area contributed by atoms with Crippen molar-refractivity contribution < 1.29 is 28.9 Å². The average Bonchev–Trinajstić information content (AvgIpc) is 3.08. The lowest BCUT2D eigenvalue weighted by Gasteiger charge is -2.38. The van der Waals surface area contributed by atoms with Gasteiger partial charge in [-0.1, -0.05) is 12.1 Å². The Labute approximate surface area is 199 Å². The smallest absolute Gasteiger partial charge is 0.437 e. The number of carbonyl (C=O) groups excluding carboxylic acids is 2. The molecule has 1 spiro atoms. The summed E-state index contributed by atoms with van der Waals surface area (Å²) >= 11 is 0. The van der Waals surface area contributed by atoms with E-state index in [1.54, 1.807) is 59.0 Å². The number of methoxy groups -OCH3 is 1. The highest BCUT2D eigenvalue weighted by Crippen LogP contribution is 2.55. The van der Waals surface area contributed by atoms with Crippen LogP contribution in [0.5, 0.6) is 5.75 Å². The van der Waals surface area contributed by atoms with E-state index in [0.717, 1.165) is 11.3 Å². The number of likely N-dealkylation sites (N-methyl/N-ethyl adjacent to an activating group) is 2. The minimum atomic E-state index is -1.85. The Morgan fingerprint density at radius 2 is 1.76 bits per heavy atom. The number of guanidine groups is 1. The molecule has 9 nitrogen and oxygen atoms in total. The number of carbonyl (C=O) groups is 2. The highest BCUT2D eigenvalue weighted by atomic mass is 16.7. The summed E-state index contributed by atoms with van der Waals surface area (Å²) in [6, 6.07) is 7.55. The third kappa shape index (κ3) is 3.88. The lowest BCUT2D eigenvalue weighted by Crippen LogP contribution is -2.59. The van der Waals surface area contributed by atoms with Crippen LogP contribution in [0.4, 0.5) is 4.79 Å². The fraction of sp³-hybridized carbons (Fsp3) is 0.480. The van der Waals surface area contributed by atoms with Crippen molar-refractivity contribution in [1.29, 1.82) is 0 Å². The molecule has 4 rings (SSSR count). The number of aliphatic hydroxyl groups is 1. The maximum Gasteiger partial charge on any atom is 0.437 e. The molecule has 9 heteroatoms. The van der Waals surface area contributed by atoms with E-state index in [1.807, 2.05) is 24.3 Å². The Morgan fingerprint density at radius 1 is 1.15 bits per heavy atom. The second-order valence-electron chi connectivity index (χ2n) is 9.98. The van der Waals surface area contributed by atoms with Crippen LogP contribution in [0.1, 0.15) is 32.8 Å². The van der Waals surface area contributed by atoms with Crippen LogP contribution in [0, 0.1) is 0 Å². The number of hydrogen-bond donors (Lipinski definition) is 1. The molecular formula is C25H31N3O6. The molecule has 2 unspecified atom stereocenters. The van der Waals surface area contributed by atoms with Crippen LogP contribution in [-0.4, -0.2) is 76.6 Å². The van der Waals surface area contributed by atoms with E-state index >= 15 is 0 Å². The van der Waals surface area contributed by atoms with Crippen molar-refractivity contribution in [3.8, 4) is 5.75 Å². The molecule has 2 fully saturated rings. The molecular weight excluding hydrogens is 438 g/mol. The number of ether oxygens (including phenoxy) is 3. The minimum absolute atomic E-state index is 0.142. The first-order valence-corrected chi connectivity index (χ1v) is 11.1. The number of nitrogens with zero attached hydrogens (tertiary/aromatic N) is 3. The van der Waals surface area contributed by atoms with Gasteiger partial charge in [-0.25, -0.2) is 4.79 Å². The molecule has 2 heterocycles. The van der Waals surface area contributed by atoms with Crippen molar-refractivity contribution in [2.75, 3.05) is 21.2 Å². The number of hydrogen-bond acceptors (Lipinski definition) is 6. The van der Waals surface area contributed by atoms with Crippen molar-refractivity contribution in [3.05, 3.63) is 54.1 Å². The van der Waals surface area contributed by atoms with Crippen LogP contribution in [-0.2, 0) is 20.7 Å². The predicted octanol–water partition coefficient (Wildman–Crippen LogP) is 2.65. The Balaban J connectivity index is 1.77. The molecule has 182 valence electrons. The van der Waals surface area contributed by atoms with Gasteiger partial charge in [0.25, 0.3) is 5.91 Å². The molecule has 2 aliphatic heterocycles. The zero-order chi connectivity index (χ0) is 24.9. The standard InChI is InChI=1S/C25H31N3O6/c1-22(2,3)33-21(30)26-20-27(4)24(15-17-7-9-19(32-6)10-8-17)16-23(13-11-18(29)12-14-23)34-25(24,31)28(20)5/h7-14,31H,15-16H2,1-6H3/b26-20-. The molecule has 0 aromatic heterocycles. The lowest BCUT2D eigenvalue weighted by atomic mass is 9.79. The molecule has 1 N–H and O–H groups in total. The van der Waals surface area contributed by atoms with E-state index in [4.69, 9.17) is 14.2 Å². The number of amides is 1. The third-order valence-electron chi connectivity index (χ3n) is 6.50. The minimum Gasteiger partial charge on any atom is -0.497 e. The summed E-state index contributed by atoms with van der Waals surface area (Å²) in [5.74, 6) is -1.05. The number of ketones is 1. The van der Waals surface area contributed by atoms with Crippen molar-refractivity contribution in [3.63, 3.8) is 0 Å². The van der Waals surface area contributed by atoms with Gasteiger partial charge in [-0.2, -0.15) is 0 Å². The molecule has 1 amide bonds. The van der Waals surface area contributed by atoms with E-state index in [-0.39, 0.29) is 11.7 Å². The highest BCUT2D eigenvalue weighted by molar-refractivity contribution is 6.00. The average molecular weight is 470 g/mol. The monoisotopic (exact) mass is 469 g/mol. The highest BCUT2D eigenvalue weighted by Gasteiger charge is 2.73. The number of aliphatic imine (C=N–C) groups is 1. The largest absolute Gasteiger partial charge is 0.497 e. The normalized spacial score (nSPS) is 28.7. The van der Waals surface area contributed by atoms with Gasteiger partial charge in [0.05, 0.1) is 7.11 Å². The van der Waals surface area contributed by atoms with Crippen molar-refractivity contribution in [2.24, 2.45) is 4.99 Å². The molecule has 2 saturated heterocycles. The Hall–Kier alpha value is -3.17. The topological polar surface area (TPSA) is 101 Å². The van der Waals surface area contributed by atoms with Gasteiger partial charge < -0.3 is 24.2 Å². The van der Waals surface area contributed by atoms with E-state index in [9.17, 15) is 14.7 Å². The molecule has 0 radical (unpaired) electrons. The van der Waals surface area contributed by atoms with E-state index < -0.39 is 28.7 Å². The zero-order valence-electron chi connectivity index (χ0n) is 20.4. The lowest BCUT2D eigenvalue weighted by molar-refractivity contribution is -0.281. The van der Waals surface area contributed by atoms with Crippen molar-refractivity contribution in [1.82, 2.24) is 9.80 Å². The van der Waals surface area contributed by atoms with Crippen LogP contribution < -0.4 is 4.74 Å². The SMILES string of the molecule is COc1ccc(CC23CC4(C=CC(=O)C=C4)OC2(O)N(C)/C(=N\C(=O)OC(C)(C)C)N3C)cc1. The second-order valence-corrected chi connectivity index (χ2v) is 9.98. The predicted molar refractivity (Wildman–Crippen MR) is 125 cm³/mol. The van der Waals surface area contributed by atoms with Gasteiger partial charge in [-0.05, 0) is 62.8 Å². The van der Waals surface area contributed by atoms with Crippen LogP contribution >= 0.6 is 0 Å². The van der Waals surface area contributed by atoms with Crippen LogP contribution in [0.3, 0.4) is 0 Å². The first-order valence-electron chi connectivity index (χ1n) is 11.1. The molecule has 34 heavy (non-hydrogen) atoms. The molecule has 1 aromatic carbocycles. The Bertz CT molecular complexity index is 1070. The molecule has 0 bridgehead atoms. The molecule has 3 aliphatic rings. The molecule has 1 aromatic rings. The summed E-state index contributed by atoms with van der Waals surface area (Å²) in [4.78, 5) is 31.7. The second kappa shape index (κ2) is 7.95. The fourth-order valence-electron chi connectivity index (χ4n) is 4.88. The number of fused-ring (bicyclic) bond motifs is 1. The maximum absolute atomic E-state index is 12.5. The van der Waals surface area contributed by atoms with Gasteiger partial charge in [-0.3, -0.25) is 9.69 Å². The maximum atomic E-state index is 12.5. The van der Waals surface area contributed by atoms with Gasteiger partial charge in [0.15, 0.2) is 5.78 Å². The zero-order valence-corrected chi connectivity index (χ0v) is 20.4. The van der Waals surface area contributed by atoms with Gasteiger partial charge in [-0.15, -0.1) is 4.99 Å². The number of benzene rings is 1. The summed E-state index contributed by atoms with van der Waals surface area (Å²) in [6.45, 7) is 5.28. The third-order valence-corrected chi connectivity index (χ3v) is 6.50. The number of rotatable bonds is 3. The summed E-state index contributed by atoms with van der Waals surface area (Å²) < 4.78 is 17.0. The van der Waals surface area contributed by atoms with Crippen molar-refractivity contribution in [2.45, 2.75) is 56.3 Å². The Kier molecular flexibility index (Phi) is 5.61. The molecule has 2 atom stereocenters. The van der Waals surface area contributed by atoms with Crippen LogP contribution in [0.2, 0.25) is 0 Å². The summed E-state index contributed by atoms with van der Waals surface area (Å²) in [5, 5.41) is 12.0. The van der Waals surface area contributed by atoms with Crippen LogP contribution in [0.15, 0.2) is 53.6 Å². The first kappa shape index (κ1) is 24.0.